The van der Waals surface area contributed by atoms with Crippen LogP contribution in [0.25, 0.3) is 0 Å². The lowest BCUT2D eigenvalue weighted by molar-refractivity contribution is -0.165. The monoisotopic (exact) mass is 365 g/mol. The van der Waals surface area contributed by atoms with E-state index in [2.05, 4.69) is 0 Å². The summed E-state index contributed by atoms with van der Waals surface area (Å²) in [7, 11) is 0. The smallest absolute Gasteiger partial charge is 0.339 e. The number of carbonyl (C=O) groups excluding carboxylic acids is 2. The van der Waals surface area contributed by atoms with E-state index < -0.39 is 41.8 Å². The van der Waals surface area contributed by atoms with Gasteiger partial charge in [-0.2, -0.15) is 5.26 Å². The van der Waals surface area contributed by atoms with Crippen LogP contribution in [0.5, 0.6) is 0 Å². The van der Waals surface area contributed by atoms with Gasteiger partial charge in [-0.15, -0.1) is 0 Å². The van der Waals surface area contributed by atoms with Gasteiger partial charge in [-0.05, 0) is 23.3 Å². The molecule has 2 heterocycles. The zero-order chi connectivity index (χ0) is 19.2. The third kappa shape index (κ3) is 2.42. The zero-order valence-electron chi connectivity index (χ0n) is 14.0. The average Bonchev–Trinajstić information content (AvgIpc) is 3.08. The van der Waals surface area contributed by atoms with E-state index in [1.165, 1.54) is 0 Å². The second-order valence-electron chi connectivity index (χ2n) is 6.56. The molecule has 2 aromatic rings. The van der Waals surface area contributed by atoms with E-state index in [0.717, 1.165) is 0 Å². The fourth-order valence-corrected chi connectivity index (χ4v) is 3.89. The van der Waals surface area contributed by atoms with Gasteiger partial charge in [-0.1, -0.05) is 42.5 Å². The van der Waals surface area contributed by atoms with Crippen molar-refractivity contribution in [3.05, 3.63) is 71.3 Å². The van der Waals surface area contributed by atoms with E-state index in [1.807, 2.05) is 6.07 Å². The molecule has 0 radical (unpaired) electrons. The minimum absolute atomic E-state index is 0.433. The van der Waals surface area contributed by atoms with Crippen molar-refractivity contribution in [2.45, 2.75) is 29.8 Å². The number of carbonyl (C=O) groups is 2. The highest BCUT2D eigenvalue weighted by molar-refractivity contribution is 5.87. The molecule has 0 aliphatic carbocycles. The van der Waals surface area contributed by atoms with Crippen LogP contribution in [-0.4, -0.2) is 46.1 Å². The summed E-state index contributed by atoms with van der Waals surface area (Å²) in [6.07, 6.45) is -4.78. The normalized spacial score (nSPS) is 30.2. The second-order valence-corrected chi connectivity index (χ2v) is 6.56. The van der Waals surface area contributed by atoms with Crippen LogP contribution in [-0.2, 0) is 19.1 Å². The van der Waals surface area contributed by atoms with Gasteiger partial charge >= 0.3 is 11.9 Å². The average molecular weight is 365 g/mol. The number of nitriles is 1. The van der Waals surface area contributed by atoms with E-state index in [1.54, 1.807) is 54.6 Å². The van der Waals surface area contributed by atoms with Crippen LogP contribution < -0.4 is 0 Å². The van der Waals surface area contributed by atoms with Crippen molar-refractivity contribution in [2.75, 3.05) is 0 Å². The molecule has 0 aromatic heterocycles. The van der Waals surface area contributed by atoms with Crippen molar-refractivity contribution in [2.24, 2.45) is 0 Å². The summed E-state index contributed by atoms with van der Waals surface area (Å²) >= 11 is 0. The Hall–Kier alpha value is -3.21. The highest BCUT2D eigenvalue weighted by Gasteiger charge is 2.72. The minimum Gasteiger partial charge on any atom is -0.452 e. The maximum atomic E-state index is 12.1. The van der Waals surface area contributed by atoms with Crippen molar-refractivity contribution in [1.82, 2.24) is 0 Å². The zero-order valence-corrected chi connectivity index (χ0v) is 14.0. The number of nitrogens with zero attached hydrogens (tertiary/aromatic N) is 1. The van der Waals surface area contributed by atoms with Gasteiger partial charge in [0.2, 0.25) is 0 Å². The Morgan fingerprint density at radius 3 is 2.22 bits per heavy atom. The van der Waals surface area contributed by atoms with Gasteiger partial charge in [0.15, 0.2) is 23.9 Å². The minimum atomic E-state index is -1.80. The molecule has 1 unspecified atom stereocenters. The lowest BCUT2D eigenvalue weighted by Crippen LogP contribution is -2.52. The molecule has 7 heteroatoms. The Bertz CT molecular complexity index is 933. The quantitative estimate of drug-likeness (QED) is 0.766. The van der Waals surface area contributed by atoms with E-state index >= 15 is 0 Å². The lowest BCUT2D eigenvalue weighted by atomic mass is 9.72. The van der Waals surface area contributed by atoms with Gasteiger partial charge < -0.3 is 19.7 Å². The number of hydrogen-bond acceptors (Lipinski definition) is 7. The molecule has 2 N–H and O–H groups in total. The molecule has 2 aliphatic heterocycles. The Morgan fingerprint density at radius 1 is 0.963 bits per heavy atom. The van der Waals surface area contributed by atoms with Crippen LogP contribution >= 0.6 is 0 Å². The van der Waals surface area contributed by atoms with E-state index in [4.69, 9.17) is 14.7 Å². The number of aliphatic hydroxyl groups is 2. The van der Waals surface area contributed by atoms with Gasteiger partial charge in [0.1, 0.15) is 0 Å². The molecule has 2 aliphatic rings. The molecule has 0 bridgehead atoms. The predicted octanol–water partition coefficient (Wildman–Crippen LogP) is 0.633. The van der Waals surface area contributed by atoms with Gasteiger partial charge in [0, 0.05) is 0 Å². The largest absolute Gasteiger partial charge is 0.452 e. The third-order valence-corrected chi connectivity index (χ3v) is 5.10. The number of benzene rings is 2. The molecule has 27 heavy (non-hydrogen) atoms. The number of ether oxygens (including phenoxy) is 2. The van der Waals surface area contributed by atoms with Crippen molar-refractivity contribution >= 4 is 11.9 Å². The molecule has 5 atom stereocenters. The molecule has 0 amide bonds. The molecule has 2 fully saturated rings. The highest BCUT2D eigenvalue weighted by atomic mass is 16.7. The summed E-state index contributed by atoms with van der Waals surface area (Å²) < 4.78 is 10.6. The van der Waals surface area contributed by atoms with Crippen molar-refractivity contribution in [1.29, 1.82) is 5.26 Å². The molecule has 2 saturated heterocycles. The first-order valence-corrected chi connectivity index (χ1v) is 8.33. The molecular formula is C20H15NO6. The lowest BCUT2D eigenvalue weighted by Gasteiger charge is -2.36. The summed E-state index contributed by atoms with van der Waals surface area (Å²) in [5, 5.41) is 29.9. The summed E-state index contributed by atoms with van der Waals surface area (Å²) in [6, 6.07) is 17.4. The van der Waals surface area contributed by atoms with Gasteiger partial charge in [0.25, 0.3) is 0 Å². The van der Waals surface area contributed by atoms with Gasteiger partial charge in [0.05, 0.1) is 17.6 Å². The summed E-state index contributed by atoms with van der Waals surface area (Å²) in [4.78, 5) is 24.2. The molecular weight excluding hydrogens is 350 g/mol. The maximum Gasteiger partial charge on any atom is 0.339 e. The third-order valence-electron chi connectivity index (χ3n) is 5.10. The van der Waals surface area contributed by atoms with E-state index in [0.29, 0.717) is 16.7 Å². The first kappa shape index (κ1) is 17.2. The molecule has 7 nitrogen and oxygen atoms in total. The predicted molar refractivity (Wildman–Crippen MR) is 90.2 cm³/mol. The number of aliphatic hydroxyl groups excluding tert-OH is 2. The van der Waals surface area contributed by atoms with Crippen LogP contribution in [0, 0.1) is 11.3 Å². The van der Waals surface area contributed by atoms with Crippen molar-refractivity contribution in [3.63, 3.8) is 0 Å². The number of fused-ring (bicyclic) bond motifs is 1. The summed E-state index contributed by atoms with van der Waals surface area (Å²) in [6.45, 7) is 0. The van der Waals surface area contributed by atoms with Crippen LogP contribution in [0.15, 0.2) is 54.6 Å². The van der Waals surface area contributed by atoms with Gasteiger partial charge in [-0.25, -0.2) is 9.59 Å². The van der Waals surface area contributed by atoms with Crippen LogP contribution in [0.1, 0.15) is 22.6 Å². The summed E-state index contributed by atoms with van der Waals surface area (Å²) in [5.41, 5.74) is -0.110. The topological polar surface area (TPSA) is 117 Å². The SMILES string of the molecule is N#Cc1ccc(C(c2ccccc2)[C@@]23OC(=O)[C@H](O)[C@@H]2OC(=O)[C@@H]3O)cc1. The number of rotatable bonds is 3. The number of hydrogen-bond donors (Lipinski definition) is 2. The molecule has 0 saturated carbocycles. The van der Waals surface area contributed by atoms with E-state index in [-0.39, 0.29) is 0 Å². The van der Waals surface area contributed by atoms with Gasteiger partial charge in [-0.3, -0.25) is 0 Å². The van der Waals surface area contributed by atoms with Crippen LogP contribution in [0.2, 0.25) is 0 Å². The molecule has 136 valence electrons. The molecule has 2 aromatic carbocycles. The second kappa shape index (κ2) is 6.20. The fourth-order valence-electron chi connectivity index (χ4n) is 3.89. The highest BCUT2D eigenvalue weighted by Crippen LogP contribution is 2.50. The fraction of sp³-hybridized carbons (Fsp3) is 0.250. The van der Waals surface area contributed by atoms with Crippen molar-refractivity contribution < 1.29 is 29.3 Å². The number of esters is 2. The maximum absolute atomic E-state index is 12.1. The molecule has 0 spiro atoms. The Balaban J connectivity index is 1.93. The van der Waals surface area contributed by atoms with Crippen LogP contribution in [0.4, 0.5) is 0 Å². The van der Waals surface area contributed by atoms with Crippen LogP contribution in [0.3, 0.4) is 0 Å². The Morgan fingerprint density at radius 2 is 1.59 bits per heavy atom. The van der Waals surface area contributed by atoms with E-state index in [9.17, 15) is 19.8 Å². The summed E-state index contributed by atoms with van der Waals surface area (Å²) in [5.74, 6) is -2.71. The van der Waals surface area contributed by atoms with Crippen molar-refractivity contribution in [3.8, 4) is 6.07 Å². The molecule has 4 rings (SSSR count). The standard InChI is InChI=1S/C20H15NO6/c21-10-11-6-8-13(9-7-11)14(12-4-2-1-3-5-12)20-16(23)19(25)26-17(20)15(22)18(24)27-20/h1-9,14-17,22-23H/t14?,15-,16+,17+,20+/m1/s1. The first-order valence-electron chi connectivity index (χ1n) is 8.33. The first-order chi connectivity index (χ1) is 13.0. The Labute approximate surface area is 154 Å². The Kier molecular flexibility index (Phi) is 3.95.